The monoisotopic (exact) mass is 216 g/mol. The molecule has 82 valence electrons. The lowest BCUT2D eigenvalue weighted by Gasteiger charge is -2.02. The topological polar surface area (TPSA) is 86.9 Å². The van der Waals surface area contributed by atoms with Gasteiger partial charge in [0.25, 0.3) is 0 Å². The van der Waals surface area contributed by atoms with Crippen molar-refractivity contribution < 1.29 is 4.79 Å². The fourth-order valence-electron chi connectivity index (χ4n) is 1.43. The molecule has 2 rings (SSSR count). The molecular weight excluding hydrogens is 204 g/mol. The molecule has 1 aromatic heterocycles. The Bertz CT molecular complexity index is 501. The second-order valence-electron chi connectivity index (χ2n) is 3.53. The number of nitrogens with two attached hydrogens (primary N) is 2. The van der Waals surface area contributed by atoms with Gasteiger partial charge in [0.05, 0.1) is 18.4 Å². The largest absolute Gasteiger partial charge is 0.396 e. The Balaban J connectivity index is 2.14. The SMILES string of the molecule is NC(=O)c1ccc(Cn2cc(N)cn2)cc1. The van der Waals surface area contributed by atoms with Gasteiger partial charge in [-0.2, -0.15) is 5.10 Å². The Hall–Kier alpha value is -2.30. The van der Waals surface area contributed by atoms with E-state index in [0.717, 1.165) is 5.56 Å². The molecule has 16 heavy (non-hydrogen) atoms. The molecule has 0 unspecified atom stereocenters. The van der Waals surface area contributed by atoms with Crippen molar-refractivity contribution in [3.63, 3.8) is 0 Å². The summed E-state index contributed by atoms with van der Waals surface area (Å²) in [6.45, 7) is 0.621. The maximum Gasteiger partial charge on any atom is 0.248 e. The summed E-state index contributed by atoms with van der Waals surface area (Å²) < 4.78 is 1.73. The van der Waals surface area contributed by atoms with E-state index in [0.29, 0.717) is 17.8 Å². The maximum atomic E-state index is 10.9. The summed E-state index contributed by atoms with van der Waals surface area (Å²) in [5.74, 6) is -0.421. The molecule has 0 fully saturated rings. The van der Waals surface area contributed by atoms with Gasteiger partial charge >= 0.3 is 0 Å². The van der Waals surface area contributed by atoms with Crippen LogP contribution in [-0.2, 0) is 6.54 Å². The summed E-state index contributed by atoms with van der Waals surface area (Å²) in [7, 11) is 0. The van der Waals surface area contributed by atoms with E-state index in [4.69, 9.17) is 11.5 Å². The van der Waals surface area contributed by atoms with Crippen molar-refractivity contribution in [1.29, 1.82) is 0 Å². The number of hydrogen-bond donors (Lipinski definition) is 2. The number of rotatable bonds is 3. The minimum atomic E-state index is -0.421. The minimum Gasteiger partial charge on any atom is -0.396 e. The van der Waals surface area contributed by atoms with Crippen molar-refractivity contribution in [2.45, 2.75) is 6.54 Å². The van der Waals surface area contributed by atoms with Gasteiger partial charge in [-0.1, -0.05) is 12.1 Å². The molecule has 0 aliphatic heterocycles. The summed E-state index contributed by atoms with van der Waals surface area (Å²) in [4.78, 5) is 10.9. The van der Waals surface area contributed by atoms with Crippen LogP contribution in [0.2, 0.25) is 0 Å². The summed E-state index contributed by atoms with van der Waals surface area (Å²) >= 11 is 0. The highest BCUT2D eigenvalue weighted by Gasteiger charge is 2.01. The van der Waals surface area contributed by atoms with Crippen LogP contribution < -0.4 is 11.5 Å². The number of primary amides is 1. The van der Waals surface area contributed by atoms with E-state index in [2.05, 4.69) is 5.10 Å². The van der Waals surface area contributed by atoms with Crippen LogP contribution in [0, 0.1) is 0 Å². The van der Waals surface area contributed by atoms with Gasteiger partial charge in [-0.05, 0) is 17.7 Å². The van der Waals surface area contributed by atoms with Crippen molar-refractivity contribution in [2.75, 3.05) is 5.73 Å². The first-order valence-corrected chi connectivity index (χ1v) is 4.82. The Labute approximate surface area is 92.7 Å². The summed E-state index contributed by atoms with van der Waals surface area (Å²) in [5, 5.41) is 4.07. The summed E-state index contributed by atoms with van der Waals surface area (Å²) in [5.41, 5.74) is 12.9. The van der Waals surface area contributed by atoms with Gasteiger partial charge < -0.3 is 11.5 Å². The van der Waals surface area contributed by atoms with Crippen molar-refractivity contribution >= 4 is 11.6 Å². The van der Waals surface area contributed by atoms with Gasteiger partial charge in [0.15, 0.2) is 0 Å². The van der Waals surface area contributed by atoms with Crippen molar-refractivity contribution in [1.82, 2.24) is 9.78 Å². The standard InChI is InChI=1S/C11H12N4O/c12-10-5-14-15(7-10)6-8-1-3-9(4-2-8)11(13)16/h1-5,7H,6,12H2,(H2,13,16). The third kappa shape index (κ3) is 2.20. The molecule has 1 heterocycles. The molecule has 0 radical (unpaired) electrons. The Morgan fingerprint density at radius 3 is 2.50 bits per heavy atom. The number of nitrogen functional groups attached to an aromatic ring is 1. The summed E-state index contributed by atoms with van der Waals surface area (Å²) in [6.07, 6.45) is 3.35. The number of hydrogen-bond acceptors (Lipinski definition) is 3. The Morgan fingerprint density at radius 2 is 2.00 bits per heavy atom. The molecule has 0 spiro atoms. The second kappa shape index (κ2) is 4.06. The van der Waals surface area contributed by atoms with Crippen LogP contribution in [0.5, 0.6) is 0 Å². The number of carbonyl (C=O) groups excluding carboxylic acids is 1. The Kier molecular flexibility index (Phi) is 2.59. The first-order chi connectivity index (χ1) is 7.65. The predicted octanol–water partition coefficient (Wildman–Crippen LogP) is 0.612. The van der Waals surface area contributed by atoms with Crippen molar-refractivity contribution in [3.8, 4) is 0 Å². The van der Waals surface area contributed by atoms with Gasteiger partial charge in [-0.25, -0.2) is 0 Å². The molecule has 1 aromatic carbocycles. The lowest BCUT2D eigenvalue weighted by molar-refractivity contribution is 0.100. The van der Waals surface area contributed by atoms with Crippen molar-refractivity contribution in [3.05, 3.63) is 47.8 Å². The molecule has 0 saturated carbocycles. The van der Waals surface area contributed by atoms with Crippen LogP contribution in [0.15, 0.2) is 36.7 Å². The highest BCUT2D eigenvalue weighted by molar-refractivity contribution is 5.92. The fraction of sp³-hybridized carbons (Fsp3) is 0.0909. The molecule has 0 bridgehead atoms. The second-order valence-corrected chi connectivity index (χ2v) is 3.53. The predicted molar refractivity (Wildman–Crippen MR) is 60.7 cm³/mol. The molecule has 5 heteroatoms. The minimum absolute atomic E-state index is 0.421. The first-order valence-electron chi connectivity index (χ1n) is 4.82. The van der Waals surface area contributed by atoms with Gasteiger partial charge in [-0.15, -0.1) is 0 Å². The zero-order valence-electron chi connectivity index (χ0n) is 8.63. The third-order valence-corrected chi connectivity index (χ3v) is 2.24. The van der Waals surface area contributed by atoms with E-state index in [9.17, 15) is 4.79 Å². The number of carbonyl (C=O) groups is 1. The number of amides is 1. The molecular formula is C11H12N4O. The summed E-state index contributed by atoms with van der Waals surface area (Å²) in [6, 6.07) is 7.09. The highest BCUT2D eigenvalue weighted by Crippen LogP contribution is 2.07. The average molecular weight is 216 g/mol. The average Bonchev–Trinajstić information content (AvgIpc) is 2.65. The molecule has 5 nitrogen and oxygen atoms in total. The van der Waals surface area contributed by atoms with Crippen molar-refractivity contribution in [2.24, 2.45) is 5.73 Å². The third-order valence-electron chi connectivity index (χ3n) is 2.24. The van der Waals surface area contributed by atoms with Crippen LogP contribution in [0.3, 0.4) is 0 Å². The maximum absolute atomic E-state index is 10.9. The number of aromatic nitrogens is 2. The molecule has 0 atom stereocenters. The van der Waals surface area contributed by atoms with Crippen LogP contribution in [0.4, 0.5) is 5.69 Å². The van der Waals surface area contributed by atoms with Gasteiger partial charge in [0.1, 0.15) is 0 Å². The molecule has 0 aliphatic carbocycles. The molecule has 4 N–H and O–H groups in total. The van der Waals surface area contributed by atoms with Gasteiger partial charge in [-0.3, -0.25) is 9.48 Å². The van der Waals surface area contributed by atoms with E-state index >= 15 is 0 Å². The number of nitrogens with zero attached hydrogens (tertiary/aromatic N) is 2. The number of anilines is 1. The van der Waals surface area contributed by atoms with Crippen LogP contribution in [0.25, 0.3) is 0 Å². The lowest BCUT2D eigenvalue weighted by Crippen LogP contribution is -2.10. The smallest absolute Gasteiger partial charge is 0.248 e. The zero-order chi connectivity index (χ0) is 11.5. The van der Waals surface area contributed by atoms with Crippen LogP contribution in [0.1, 0.15) is 15.9 Å². The first kappa shape index (κ1) is 10.2. The fourth-order valence-corrected chi connectivity index (χ4v) is 1.43. The van der Waals surface area contributed by atoms with E-state index < -0.39 is 5.91 Å². The van der Waals surface area contributed by atoms with Gasteiger partial charge in [0, 0.05) is 11.8 Å². The zero-order valence-corrected chi connectivity index (χ0v) is 8.63. The van der Waals surface area contributed by atoms with Gasteiger partial charge in [0.2, 0.25) is 5.91 Å². The van der Waals surface area contributed by atoms with E-state index in [1.54, 1.807) is 29.2 Å². The van der Waals surface area contributed by atoms with E-state index in [1.807, 2.05) is 12.1 Å². The Morgan fingerprint density at radius 1 is 1.31 bits per heavy atom. The van der Waals surface area contributed by atoms with E-state index in [1.165, 1.54) is 0 Å². The van der Waals surface area contributed by atoms with Crippen LogP contribution >= 0.6 is 0 Å². The van der Waals surface area contributed by atoms with Crippen LogP contribution in [-0.4, -0.2) is 15.7 Å². The molecule has 2 aromatic rings. The molecule has 0 aliphatic rings. The quantitative estimate of drug-likeness (QED) is 0.788. The molecule has 0 saturated heterocycles. The lowest BCUT2D eigenvalue weighted by atomic mass is 10.1. The highest BCUT2D eigenvalue weighted by atomic mass is 16.1. The van der Waals surface area contributed by atoms with E-state index in [-0.39, 0.29) is 0 Å². The molecule has 1 amide bonds. The number of benzene rings is 1. The normalized spacial score (nSPS) is 10.2.